The number of amides is 1. The van der Waals surface area contributed by atoms with E-state index in [1.807, 2.05) is 32.0 Å². The molecule has 0 aromatic heterocycles. The van der Waals surface area contributed by atoms with Crippen LogP contribution in [0.3, 0.4) is 0 Å². The van der Waals surface area contributed by atoms with Gasteiger partial charge in [0.25, 0.3) is 5.91 Å². The van der Waals surface area contributed by atoms with Crippen molar-refractivity contribution in [3.63, 3.8) is 0 Å². The summed E-state index contributed by atoms with van der Waals surface area (Å²) in [6, 6.07) is 12.1. The number of benzene rings is 2. The molecule has 0 aliphatic carbocycles. The third-order valence-corrected chi connectivity index (χ3v) is 7.96. The van der Waals surface area contributed by atoms with E-state index in [2.05, 4.69) is 24.1 Å². The van der Waals surface area contributed by atoms with Crippen LogP contribution in [0.25, 0.3) is 0 Å². The van der Waals surface area contributed by atoms with Gasteiger partial charge in [0.1, 0.15) is 0 Å². The number of hydrogen-bond donors (Lipinski definition) is 2. The van der Waals surface area contributed by atoms with Gasteiger partial charge in [-0.05, 0) is 62.1 Å². The van der Waals surface area contributed by atoms with Crippen molar-refractivity contribution in [2.75, 3.05) is 32.5 Å². The molecule has 2 N–H and O–H groups in total. The zero-order valence-electron chi connectivity index (χ0n) is 19.1. The number of nitrogens with one attached hydrogen (secondary N) is 2. The molecule has 0 spiro atoms. The lowest BCUT2D eigenvalue weighted by Gasteiger charge is -2.39. The Labute approximate surface area is 186 Å². The molecule has 0 bridgehead atoms. The second kappa shape index (κ2) is 9.10. The number of likely N-dealkylation sites (tertiary alicyclic amines) is 1. The largest absolute Gasteiger partial charge is 0.328 e. The molecule has 31 heavy (non-hydrogen) atoms. The van der Waals surface area contributed by atoms with Gasteiger partial charge >= 0.3 is 0 Å². The van der Waals surface area contributed by atoms with Crippen LogP contribution in [0.4, 0.5) is 5.69 Å². The summed E-state index contributed by atoms with van der Waals surface area (Å²) in [5.41, 5.74) is 2.80. The first-order chi connectivity index (χ1) is 14.5. The fraction of sp³-hybridized carbons (Fsp3) is 0.458. The maximum atomic E-state index is 13.0. The Bertz CT molecular complexity index is 1050. The summed E-state index contributed by atoms with van der Waals surface area (Å²) in [6.07, 6.45) is 2.03. The van der Waals surface area contributed by atoms with Gasteiger partial charge in [-0.3, -0.25) is 4.79 Å². The van der Waals surface area contributed by atoms with E-state index in [1.54, 1.807) is 31.2 Å². The molecule has 7 heteroatoms. The van der Waals surface area contributed by atoms with Gasteiger partial charge in [-0.2, -0.15) is 0 Å². The van der Waals surface area contributed by atoms with Crippen molar-refractivity contribution < 1.29 is 17.7 Å². The van der Waals surface area contributed by atoms with E-state index in [-0.39, 0.29) is 16.8 Å². The molecule has 2 aromatic carbocycles. The molecule has 1 aliphatic rings. The molecule has 2 aromatic rings. The van der Waals surface area contributed by atoms with Crippen LogP contribution < -0.4 is 10.0 Å². The standard InChI is InChI=1S/C24H33N3O3S/c1-17-8-6-7-9-22(17)24(28)25-23-11-10-21(16-18(23)2)31(29,30)26-19(3)20-12-14-27(4,5)15-13-20/h6-11,16,19-20,26H,12-15H2,1-5H3/p+1/t19-/m1/s1. The lowest BCUT2D eigenvalue weighted by atomic mass is 9.90. The number of carbonyl (C=O) groups excluding carboxylic acids is 1. The highest BCUT2D eigenvalue weighted by Crippen LogP contribution is 2.25. The van der Waals surface area contributed by atoms with Crippen molar-refractivity contribution in [2.45, 2.75) is 44.6 Å². The minimum Gasteiger partial charge on any atom is -0.328 e. The molecule has 1 amide bonds. The quantitative estimate of drug-likeness (QED) is 0.667. The van der Waals surface area contributed by atoms with Crippen LogP contribution in [-0.4, -0.2) is 52.0 Å². The van der Waals surface area contributed by atoms with Crippen LogP contribution in [0, 0.1) is 19.8 Å². The average Bonchev–Trinajstić information content (AvgIpc) is 2.69. The Balaban J connectivity index is 1.69. The molecule has 1 atom stereocenters. The number of anilines is 1. The van der Waals surface area contributed by atoms with Crippen molar-refractivity contribution in [1.29, 1.82) is 0 Å². The third kappa shape index (κ3) is 5.73. The minimum absolute atomic E-state index is 0.119. The monoisotopic (exact) mass is 444 g/mol. The van der Waals surface area contributed by atoms with E-state index in [4.69, 9.17) is 0 Å². The van der Waals surface area contributed by atoms with Crippen molar-refractivity contribution in [2.24, 2.45) is 5.92 Å². The van der Waals surface area contributed by atoms with Crippen LogP contribution in [0.5, 0.6) is 0 Å². The highest BCUT2D eigenvalue weighted by atomic mass is 32.2. The van der Waals surface area contributed by atoms with Gasteiger partial charge in [0.2, 0.25) is 10.0 Å². The number of aryl methyl sites for hydroxylation is 2. The second-order valence-corrected chi connectivity index (χ2v) is 11.1. The Morgan fingerprint density at radius 1 is 1.03 bits per heavy atom. The van der Waals surface area contributed by atoms with E-state index in [9.17, 15) is 13.2 Å². The maximum absolute atomic E-state index is 13.0. The Morgan fingerprint density at radius 3 is 2.29 bits per heavy atom. The number of carbonyl (C=O) groups is 1. The van der Waals surface area contributed by atoms with Gasteiger partial charge < -0.3 is 9.80 Å². The van der Waals surface area contributed by atoms with Gasteiger partial charge in [0.15, 0.2) is 0 Å². The fourth-order valence-electron chi connectivity index (χ4n) is 4.16. The van der Waals surface area contributed by atoms with Gasteiger partial charge in [-0.15, -0.1) is 0 Å². The van der Waals surface area contributed by atoms with Crippen LogP contribution >= 0.6 is 0 Å². The van der Waals surface area contributed by atoms with Gasteiger partial charge in [0, 0.05) is 30.1 Å². The number of hydrogen-bond acceptors (Lipinski definition) is 3. The summed E-state index contributed by atoms with van der Waals surface area (Å²) in [6.45, 7) is 7.76. The maximum Gasteiger partial charge on any atom is 0.255 e. The molecule has 168 valence electrons. The first-order valence-corrected chi connectivity index (χ1v) is 12.3. The molecular weight excluding hydrogens is 410 g/mol. The predicted octanol–water partition coefficient (Wildman–Crippen LogP) is 3.71. The lowest BCUT2D eigenvalue weighted by molar-refractivity contribution is -0.896. The molecule has 0 unspecified atom stereocenters. The lowest BCUT2D eigenvalue weighted by Crippen LogP contribution is -2.50. The number of rotatable bonds is 6. The fourth-order valence-corrected chi connectivity index (χ4v) is 5.55. The molecule has 1 heterocycles. The van der Waals surface area contributed by atoms with Gasteiger partial charge in [-0.25, -0.2) is 13.1 Å². The van der Waals surface area contributed by atoms with Crippen molar-refractivity contribution >= 4 is 21.6 Å². The van der Waals surface area contributed by atoms with Gasteiger partial charge in [-0.1, -0.05) is 18.2 Å². The Morgan fingerprint density at radius 2 is 1.68 bits per heavy atom. The zero-order chi connectivity index (χ0) is 22.8. The molecule has 1 aliphatic heterocycles. The van der Waals surface area contributed by atoms with E-state index >= 15 is 0 Å². The summed E-state index contributed by atoms with van der Waals surface area (Å²) >= 11 is 0. The van der Waals surface area contributed by atoms with Crippen LogP contribution in [0.2, 0.25) is 0 Å². The molecule has 0 radical (unpaired) electrons. The number of sulfonamides is 1. The normalized spacial score (nSPS) is 17.8. The van der Waals surface area contributed by atoms with Crippen molar-refractivity contribution in [3.05, 3.63) is 59.2 Å². The summed E-state index contributed by atoms with van der Waals surface area (Å²) in [5, 5.41) is 2.89. The van der Waals surface area contributed by atoms with Crippen molar-refractivity contribution in [3.8, 4) is 0 Å². The topological polar surface area (TPSA) is 75.3 Å². The number of quaternary nitrogens is 1. The SMILES string of the molecule is Cc1cc(S(=O)(=O)N[C@H](C)C2CC[N+](C)(C)CC2)ccc1NC(=O)c1ccccc1C. The second-order valence-electron chi connectivity index (χ2n) is 9.38. The molecule has 3 rings (SSSR count). The first-order valence-electron chi connectivity index (χ1n) is 10.8. The molecule has 1 fully saturated rings. The van der Waals surface area contributed by atoms with Crippen LogP contribution in [-0.2, 0) is 10.0 Å². The van der Waals surface area contributed by atoms with E-state index in [0.717, 1.165) is 36.0 Å². The molecule has 1 saturated heterocycles. The summed E-state index contributed by atoms with van der Waals surface area (Å²) < 4.78 is 29.8. The highest BCUT2D eigenvalue weighted by Gasteiger charge is 2.31. The van der Waals surface area contributed by atoms with Gasteiger partial charge in [0.05, 0.1) is 32.1 Å². The number of nitrogens with zero attached hydrogens (tertiary/aromatic N) is 1. The summed E-state index contributed by atoms with van der Waals surface area (Å²) in [7, 11) is 0.799. The smallest absolute Gasteiger partial charge is 0.255 e. The first kappa shape index (κ1) is 23.4. The summed E-state index contributed by atoms with van der Waals surface area (Å²) in [5.74, 6) is 0.136. The predicted molar refractivity (Wildman–Crippen MR) is 125 cm³/mol. The van der Waals surface area contributed by atoms with Crippen LogP contribution in [0.15, 0.2) is 47.4 Å². The zero-order valence-corrected chi connectivity index (χ0v) is 19.9. The Hall–Kier alpha value is -2.22. The minimum atomic E-state index is -3.63. The van der Waals surface area contributed by atoms with E-state index in [1.165, 1.54) is 0 Å². The van der Waals surface area contributed by atoms with Crippen LogP contribution in [0.1, 0.15) is 41.3 Å². The van der Waals surface area contributed by atoms with E-state index in [0.29, 0.717) is 22.7 Å². The molecular formula is C24H34N3O3S+. The Kier molecular flexibility index (Phi) is 6.88. The number of piperidine rings is 1. The van der Waals surface area contributed by atoms with Crippen molar-refractivity contribution in [1.82, 2.24) is 4.72 Å². The summed E-state index contributed by atoms with van der Waals surface area (Å²) in [4.78, 5) is 12.8. The van der Waals surface area contributed by atoms with E-state index < -0.39 is 10.0 Å². The third-order valence-electron chi connectivity index (χ3n) is 6.40. The average molecular weight is 445 g/mol. The highest BCUT2D eigenvalue weighted by molar-refractivity contribution is 7.89. The molecule has 0 saturated carbocycles. The molecule has 6 nitrogen and oxygen atoms in total.